The van der Waals surface area contributed by atoms with Crippen molar-refractivity contribution in [3.8, 4) is 17.2 Å². The van der Waals surface area contributed by atoms with Crippen molar-refractivity contribution in [1.82, 2.24) is 0 Å². The number of nitrogens with zero attached hydrogens (tertiary/aromatic N) is 2. The molecule has 0 bridgehead atoms. The van der Waals surface area contributed by atoms with Gasteiger partial charge in [0.2, 0.25) is 0 Å². The van der Waals surface area contributed by atoms with Crippen LogP contribution in [0.2, 0.25) is 0 Å². The maximum absolute atomic E-state index is 13.7. The van der Waals surface area contributed by atoms with Gasteiger partial charge in [-0.1, -0.05) is 49.7 Å². The average molecular weight is 637 g/mol. The van der Waals surface area contributed by atoms with Gasteiger partial charge in [0.25, 0.3) is 17.7 Å². The normalized spacial score (nSPS) is 14.2. The van der Waals surface area contributed by atoms with Crippen molar-refractivity contribution in [2.45, 2.75) is 26.2 Å². The molecule has 0 atom stereocenters. The molecule has 5 aromatic rings. The molecule has 238 valence electrons. The molecule has 7 rings (SSSR count). The Kier molecular flexibility index (Phi) is 7.43. The van der Waals surface area contributed by atoms with Gasteiger partial charge in [-0.3, -0.25) is 19.2 Å². The molecule has 3 amide bonds. The van der Waals surface area contributed by atoms with Crippen molar-refractivity contribution in [1.29, 1.82) is 0 Å². The van der Waals surface area contributed by atoms with Gasteiger partial charge in [0.05, 0.1) is 36.0 Å². The van der Waals surface area contributed by atoms with Gasteiger partial charge in [-0.25, -0.2) is 4.90 Å². The molecule has 0 aliphatic carbocycles. The third-order valence-corrected chi connectivity index (χ3v) is 9.15. The maximum atomic E-state index is 13.7. The molecule has 0 spiro atoms. The van der Waals surface area contributed by atoms with E-state index in [4.69, 9.17) is 9.47 Å². The molecule has 0 fully saturated rings. The van der Waals surface area contributed by atoms with E-state index in [0.717, 1.165) is 27.3 Å². The number of fused-ring (bicyclic) bond motifs is 2. The standard InChI is InChI=1S/C40H32N2O6/c1-24-5-19-33-34(21-24)39(46)42(38(33)45)28-12-10-27(11-13-28)41-23-36(43)32-20-18-31(22-35(32)37(41)44)48-30-16-8-26(9-17-30)40(2,3)25-6-14-29(47-4)15-7-25/h5-22H,23H2,1-4H3. The van der Waals surface area contributed by atoms with Crippen LogP contribution >= 0.6 is 0 Å². The molecule has 8 heteroatoms. The predicted molar refractivity (Wildman–Crippen MR) is 183 cm³/mol. The topological polar surface area (TPSA) is 93.2 Å². The Bertz CT molecular complexity index is 2120. The lowest BCUT2D eigenvalue weighted by molar-refractivity contribution is 0.0910. The number of imide groups is 1. The highest BCUT2D eigenvalue weighted by molar-refractivity contribution is 6.34. The van der Waals surface area contributed by atoms with Crippen molar-refractivity contribution >= 4 is 34.9 Å². The van der Waals surface area contributed by atoms with E-state index in [9.17, 15) is 19.2 Å². The molecule has 0 N–H and O–H groups in total. The van der Waals surface area contributed by atoms with E-state index in [1.165, 1.54) is 4.90 Å². The Morgan fingerprint density at radius 3 is 1.75 bits per heavy atom. The van der Waals surface area contributed by atoms with E-state index in [2.05, 4.69) is 26.0 Å². The maximum Gasteiger partial charge on any atom is 0.266 e. The summed E-state index contributed by atoms with van der Waals surface area (Å²) in [7, 11) is 1.65. The molecule has 0 saturated carbocycles. The van der Waals surface area contributed by atoms with Gasteiger partial charge in [0, 0.05) is 16.7 Å². The van der Waals surface area contributed by atoms with Crippen LogP contribution in [0.1, 0.15) is 72.0 Å². The molecule has 0 unspecified atom stereocenters. The molecule has 2 heterocycles. The van der Waals surface area contributed by atoms with Crippen molar-refractivity contribution in [3.63, 3.8) is 0 Å². The highest BCUT2D eigenvalue weighted by atomic mass is 16.5. The fraction of sp³-hybridized carbons (Fsp3) is 0.150. The monoisotopic (exact) mass is 636 g/mol. The van der Waals surface area contributed by atoms with Gasteiger partial charge in [-0.15, -0.1) is 0 Å². The first kappa shape index (κ1) is 30.6. The molecule has 0 saturated heterocycles. The lowest BCUT2D eigenvalue weighted by atomic mass is 9.78. The van der Waals surface area contributed by atoms with Gasteiger partial charge in [0.1, 0.15) is 17.2 Å². The summed E-state index contributed by atoms with van der Waals surface area (Å²) < 4.78 is 11.4. The Labute approximate surface area is 278 Å². The van der Waals surface area contributed by atoms with Crippen molar-refractivity contribution in [3.05, 3.63) is 148 Å². The number of hydrogen-bond acceptors (Lipinski definition) is 6. The molecule has 2 aliphatic rings. The third-order valence-electron chi connectivity index (χ3n) is 9.15. The zero-order chi connectivity index (χ0) is 33.7. The van der Waals surface area contributed by atoms with E-state index < -0.39 is 11.8 Å². The minimum Gasteiger partial charge on any atom is -0.497 e. The van der Waals surface area contributed by atoms with Crippen LogP contribution < -0.4 is 19.3 Å². The van der Waals surface area contributed by atoms with Crippen molar-refractivity contribution in [2.75, 3.05) is 23.5 Å². The Morgan fingerprint density at radius 2 is 1.10 bits per heavy atom. The summed E-state index contributed by atoms with van der Waals surface area (Å²) in [6.45, 7) is 6.04. The first-order chi connectivity index (χ1) is 23.0. The lowest BCUT2D eigenvalue weighted by Gasteiger charge is -2.28. The number of aryl methyl sites for hydroxylation is 1. The molecular formula is C40H32N2O6. The van der Waals surface area contributed by atoms with E-state index in [-0.39, 0.29) is 29.2 Å². The second-order valence-electron chi connectivity index (χ2n) is 12.5. The minimum atomic E-state index is -0.399. The number of amides is 3. The average Bonchev–Trinajstić information content (AvgIpc) is 3.34. The van der Waals surface area contributed by atoms with Crippen LogP contribution in [0.15, 0.2) is 109 Å². The third kappa shape index (κ3) is 5.21. The fourth-order valence-electron chi connectivity index (χ4n) is 6.28. The number of benzene rings is 5. The smallest absolute Gasteiger partial charge is 0.266 e. The number of carbonyl (C=O) groups excluding carboxylic acids is 4. The summed E-state index contributed by atoms with van der Waals surface area (Å²) >= 11 is 0. The lowest BCUT2D eigenvalue weighted by Crippen LogP contribution is -2.41. The molecule has 0 radical (unpaired) electrons. The number of hydrogen-bond donors (Lipinski definition) is 0. The van der Waals surface area contributed by atoms with Gasteiger partial charge < -0.3 is 14.4 Å². The van der Waals surface area contributed by atoms with E-state index in [1.807, 2.05) is 43.3 Å². The molecule has 0 aromatic heterocycles. The first-order valence-electron chi connectivity index (χ1n) is 15.6. The van der Waals surface area contributed by atoms with Gasteiger partial charge in [-0.2, -0.15) is 0 Å². The molecule has 2 aliphatic heterocycles. The van der Waals surface area contributed by atoms with E-state index in [0.29, 0.717) is 39.6 Å². The summed E-state index contributed by atoms with van der Waals surface area (Å²) in [6, 6.07) is 32.4. The number of Topliss-reactive ketones (excluding diaryl/α,β-unsaturated/α-hetero) is 1. The van der Waals surface area contributed by atoms with E-state index in [1.54, 1.807) is 67.8 Å². The predicted octanol–water partition coefficient (Wildman–Crippen LogP) is 7.77. The second-order valence-corrected chi connectivity index (χ2v) is 12.5. The van der Waals surface area contributed by atoms with Crippen LogP contribution in [-0.4, -0.2) is 37.2 Å². The van der Waals surface area contributed by atoms with E-state index >= 15 is 0 Å². The molecule has 48 heavy (non-hydrogen) atoms. The summed E-state index contributed by atoms with van der Waals surface area (Å²) in [5.74, 6) is 0.470. The number of methoxy groups -OCH3 is 1. The number of ketones is 1. The van der Waals surface area contributed by atoms with Crippen LogP contribution in [0.4, 0.5) is 11.4 Å². The molecular weight excluding hydrogens is 604 g/mol. The summed E-state index contributed by atoms with van der Waals surface area (Å²) in [6.07, 6.45) is 0. The fourth-order valence-corrected chi connectivity index (χ4v) is 6.28. The van der Waals surface area contributed by atoms with Crippen LogP contribution in [-0.2, 0) is 5.41 Å². The first-order valence-corrected chi connectivity index (χ1v) is 15.6. The number of carbonyl (C=O) groups is 4. The summed E-state index contributed by atoms with van der Waals surface area (Å²) in [4.78, 5) is 55.5. The summed E-state index contributed by atoms with van der Waals surface area (Å²) in [5, 5.41) is 0. The quantitative estimate of drug-likeness (QED) is 0.170. The van der Waals surface area contributed by atoms with Gasteiger partial charge >= 0.3 is 0 Å². The Balaban J connectivity index is 1.08. The molecule has 5 aromatic carbocycles. The van der Waals surface area contributed by atoms with Crippen molar-refractivity contribution < 1.29 is 28.7 Å². The number of anilines is 2. The minimum absolute atomic E-state index is 0.136. The Hall–Kier alpha value is -6.02. The second kappa shape index (κ2) is 11.7. The van der Waals surface area contributed by atoms with Gasteiger partial charge in [-0.05, 0) is 96.9 Å². The zero-order valence-electron chi connectivity index (χ0n) is 26.9. The van der Waals surface area contributed by atoms with Crippen LogP contribution in [0.3, 0.4) is 0 Å². The van der Waals surface area contributed by atoms with Crippen LogP contribution in [0.5, 0.6) is 17.2 Å². The Morgan fingerprint density at radius 1 is 0.562 bits per heavy atom. The van der Waals surface area contributed by atoms with Gasteiger partial charge in [0.15, 0.2) is 5.78 Å². The zero-order valence-corrected chi connectivity index (χ0v) is 26.9. The number of ether oxygens (including phenoxy) is 2. The highest BCUT2D eigenvalue weighted by Crippen LogP contribution is 2.36. The van der Waals surface area contributed by atoms with Crippen LogP contribution in [0, 0.1) is 6.92 Å². The van der Waals surface area contributed by atoms with Crippen molar-refractivity contribution in [2.24, 2.45) is 0 Å². The largest absolute Gasteiger partial charge is 0.497 e. The highest BCUT2D eigenvalue weighted by Gasteiger charge is 2.37. The molecule has 8 nitrogen and oxygen atoms in total. The summed E-state index contributed by atoms with van der Waals surface area (Å²) in [5.41, 5.74) is 5.02. The number of rotatable bonds is 7. The van der Waals surface area contributed by atoms with Crippen LogP contribution in [0.25, 0.3) is 0 Å². The SMILES string of the molecule is COc1ccc(C(C)(C)c2ccc(Oc3ccc4c(c3)C(=O)N(c3ccc(N5C(=O)c6ccc(C)cc6C5=O)cc3)CC4=O)cc2)cc1.